The van der Waals surface area contributed by atoms with E-state index in [0.717, 1.165) is 15.2 Å². The highest BCUT2D eigenvalue weighted by molar-refractivity contribution is 14.1. The van der Waals surface area contributed by atoms with Crippen LogP contribution in [-0.4, -0.2) is 17.1 Å². The van der Waals surface area contributed by atoms with Crippen molar-refractivity contribution in [3.05, 3.63) is 98.4 Å². The number of hydrogen-bond acceptors (Lipinski definition) is 2. The number of aryl methyl sites for hydroxylation is 1. The zero-order valence-electron chi connectivity index (χ0n) is 18.5. The molecule has 33 heavy (non-hydrogen) atoms. The molecule has 1 aromatic heterocycles. The van der Waals surface area contributed by atoms with Gasteiger partial charge in [-0.05, 0) is 78.3 Å². The lowest BCUT2D eigenvalue weighted by Crippen LogP contribution is -2.53. The van der Waals surface area contributed by atoms with Crippen LogP contribution in [0.1, 0.15) is 41.8 Å². The predicted molar refractivity (Wildman–Crippen MR) is 131 cm³/mol. The van der Waals surface area contributed by atoms with Gasteiger partial charge in [0, 0.05) is 22.2 Å². The fourth-order valence-electron chi connectivity index (χ4n) is 3.74. The molecule has 0 aliphatic carbocycles. The third kappa shape index (κ3) is 6.04. The van der Waals surface area contributed by atoms with Crippen LogP contribution in [0, 0.1) is 10.5 Å². The van der Waals surface area contributed by atoms with E-state index in [1.54, 1.807) is 18.3 Å². The van der Waals surface area contributed by atoms with Gasteiger partial charge in [0.25, 0.3) is 0 Å². The Morgan fingerprint density at radius 3 is 2.33 bits per heavy atom. The van der Waals surface area contributed by atoms with Gasteiger partial charge in [0.1, 0.15) is 5.54 Å². The van der Waals surface area contributed by atoms with E-state index in [1.807, 2.05) is 50.2 Å². The van der Waals surface area contributed by atoms with Crippen molar-refractivity contribution in [2.45, 2.75) is 44.9 Å². The number of rotatable bonds is 6. The zero-order chi connectivity index (χ0) is 24.2. The molecule has 0 aliphatic heterocycles. The number of amides is 2. The van der Waals surface area contributed by atoms with Gasteiger partial charge in [-0.2, -0.15) is 13.2 Å². The van der Waals surface area contributed by atoms with Crippen LogP contribution >= 0.6 is 22.6 Å². The maximum absolute atomic E-state index is 13.8. The number of benzene rings is 2. The standard InChI is InChI=1S/C25H25F3IN3O/c1-16(2)31-23(33)32-24(14-18-7-5-4-6-8-18,22-12-11-20(29)15-30-22)19-10-9-17(3)21(13-19)25(26,27)28/h4-13,15-16H,14H2,1-3H3,(H2,31,32,33)/t24-/m1/s1. The van der Waals surface area contributed by atoms with Crippen LogP contribution in [0.5, 0.6) is 0 Å². The monoisotopic (exact) mass is 567 g/mol. The number of alkyl halides is 3. The second-order valence-electron chi connectivity index (χ2n) is 8.21. The van der Waals surface area contributed by atoms with Gasteiger partial charge < -0.3 is 10.6 Å². The van der Waals surface area contributed by atoms with Crippen molar-refractivity contribution < 1.29 is 18.0 Å². The van der Waals surface area contributed by atoms with E-state index >= 15 is 0 Å². The van der Waals surface area contributed by atoms with Crippen LogP contribution < -0.4 is 10.6 Å². The highest BCUT2D eigenvalue weighted by Crippen LogP contribution is 2.38. The molecule has 0 spiro atoms. The van der Waals surface area contributed by atoms with E-state index in [1.165, 1.54) is 13.0 Å². The molecule has 0 radical (unpaired) electrons. The maximum Gasteiger partial charge on any atom is 0.416 e. The Kier molecular flexibility index (Phi) is 7.66. The quantitative estimate of drug-likeness (QED) is 0.349. The summed E-state index contributed by atoms with van der Waals surface area (Å²) < 4.78 is 42.3. The Balaban J connectivity index is 2.28. The number of halogens is 4. The Bertz CT molecular complexity index is 1100. The van der Waals surface area contributed by atoms with E-state index in [4.69, 9.17) is 0 Å². The van der Waals surface area contributed by atoms with Crippen LogP contribution in [0.15, 0.2) is 66.9 Å². The maximum atomic E-state index is 13.8. The summed E-state index contributed by atoms with van der Waals surface area (Å²) in [5.41, 5.74) is -0.370. The fraction of sp³-hybridized carbons (Fsp3) is 0.280. The number of urea groups is 1. The van der Waals surface area contributed by atoms with Crippen molar-refractivity contribution in [1.82, 2.24) is 15.6 Å². The first kappa shape index (κ1) is 25.0. The van der Waals surface area contributed by atoms with Crippen molar-refractivity contribution in [2.75, 3.05) is 0 Å². The second-order valence-corrected chi connectivity index (χ2v) is 9.46. The van der Waals surface area contributed by atoms with Crippen molar-refractivity contribution in [3.8, 4) is 0 Å². The van der Waals surface area contributed by atoms with E-state index in [9.17, 15) is 18.0 Å². The molecule has 3 aromatic rings. The van der Waals surface area contributed by atoms with Crippen molar-refractivity contribution in [1.29, 1.82) is 0 Å². The number of pyridine rings is 1. The largest absolute Gasteiger partial charge is 0.416 e. The van der Waals surface area contributed by atoms with Crippen LogP contribution in [0.4, 0.5) is 18.0 Å². The lowest BCUT2D eigenvalue weighted by Gasteiger charge is -2.36. The van der Waals surface area contributed by atoms with Crippen molar-refractivity contribution in [2.24, 2.45) is 0 Å². The summed E-state index contributed by atoms with van der Waals surface area (Å²) in [6, 6.07) is 16.4. The van der Waals surface area contributed by atoms with E-state index < -0.39 is 23.3 Å². The second kappa shape index (κ2) is 10.1. The predicted octanol–water partition coefficient (Wildman–Crippen LogP) is 6.21. The van der Waals surface area contributed by atoms with Gasteiger partial charge in [-0.3, -0.25) is 4.98 Å². The van der Waals surface area contributed by atoms with Crippen LogP contribution in [0.3, 0.4) is 0 Å². The smallest absolute Gasteiger partial charge is 0.336 e. The van der Waals surface area contributed by atoms with Gasteiger partial charge in [-0.15, -0.1) is 0 Å². The third-order valence-electron chi connectivity index (χ3n) is 5.26. The Hall–Kier alpha value is -2.62. The van der Waals surface area contributed by atoms with Gasteiger partial charge in [-0.25, -0.2) is 4.79 Å². The number of nitrogens with one attached hydrogen (secondary N) is 2. The average molecular weight is 567 g/mol. The number of carbonyl (C=O) groups excluding carboxylic acids is 1. The van der Waals surface area contributed by atoms with Crippen LogP contribution in [0.2, 0.25) is 0 Å². The summed E-state index contributed by atoms with van der Waals surface area (Å²) >= 11 is 2.11. The molecule has 1 atom stereocenters. The minimum absolute atomic E-state index is 0.113. The number of nitrogens with zero attached hydrogens (tertiary/aromatic N) is 1. The molecule has 0 unspecified atom stereocenters. The van der Waals surface area contributed by atoms with Crippen molar-refractivity contribution >= 4 is 28.6 Å². The molecule has 1 heterocycles. The van der Waals surface area contributed by atoms with Crippen LogP contribution in [0.25, 0.3) is 0 Å². The minimum Gasteiger partial charge on any atom is -0.336 e. The van der Waals surface area contributed by atoms with Gasteiger partial charge in [0.2, 0.25) is 0 Å². The minimum atomic E-state index is -4.53. The molecule has 0 saturated carbocycles. The fourth-order valence-corrected chi connectivity index (χ4v) is 4.06. The summed E-state index contributed by atoms with van der Waals surface area (Å²) in [5, 5.41) is 5.77. The Labute approximate surface area is 205 Å². The van der Waals surface area contributed by atoms with E-state index in [0.29, 0.717) is 11.3 Å². The van der Waals surface area contributed by atoms with Gasteiger partial charge in [-0.1, -0.05) is 42.5 Å². The molecule has 0 fully saturated rings. The van der Waals surface area contributed by atoms with Crippen LogP contribution in [-0.2, 0) is 18.1 Å². The normalized spacial score (nSPS) is 13.5. The molecule has 174 valence electrons. The average Bonchev–Trinajstić information content (AvgIpc) is 2.73. The zero-order valence-corrected chi connectivity index (χ0v) is 20.7. The molecule has 0 aliphatic rings. The molecule has 2 amide bonds. The highest BCUT2D eigenvalue weighted by atomic mass is 127. The number of carbonyl (C=O) groups is 1. The Morgan fingerprint density at radius 2 is 1.76 bits per heavy atom. The molecular weight excluding hydrogens is 542 g/mol. The summed E-state index contributed by atoms with van der Waals surface area (Å²) in [7, 11) is 0. The molecule has 3 rings (SSSR count). The first-order chi connectivity index (χ1) is 15.5. The topological polar surface area (TPSA) is 54.0 Å². The first-order valence-corrected chi connectivity index (χ1v) is 11.5. The summed E-state index contributed by atoms with van der Waals surface area (Å²) in [6.45, 7) is 5.05. The van der Waals surface area contributed by atoms with Gasteiger partial charge in [0.15, 0.2) is 0 Å². The first-order valence-electron chi connectivity index (χ1n) is 10.4. The number of hydrogen-bond donors (Lipinski definition) is 2. The lowest BCUT2D eigenvalue weighted by molar-refractivity contribution is -0.138. The Morgan fingerprint density at radius 1 is 1.06 bits per heavy atom. The van der Waals surface area contributed by atoms with Crippen molar-refractivity contribution in [3.63, 3.8) is 0 Å². The molecule has 0 bridgehead atoms. The van der Waals surface area contributed by atoms with E-state index in [-0.39, 0.29) is 18.0 Å². The molecular formula is C25H25F3IN3O. The summed E-state index contributed by atoms with van der Waals surface area (Å²) in [5.74, 6) is 0. The highest BCUT2D eigenvalue weighted by Gasteiger charge is 2.41. The SMILES string of the molecule is Cc1ccc([C@@](Cc2ccccc2)(NC(=O)NC(C)C)c2ccc(I)cn2)cc1C(F)(F)F. The molecule has 0 saturated heterocycles. The lowest BCUT2D eigenvalue weighted by atomic mass is 9.79. The summed E-state index contributed by atoms with van der Waals surface area (Å²) in [4.78, 5) is 17.5. The van der Waals surface area contributed by atoms with Gasteiger partial charge >= 0.3 is 12.2 Å². The molecule has 8 heteroatoms. The summed E-state index contributed by atoms with van der Waals surface area (Å²) in [6.07, 6.45) is -2.68. The molecule has 4 nitrogen and oxygen atoms in total. The molecule has 2 N–H and O–H groups in total. The third-order valence-corrected chi connectivity index (χ3v) is 5.90. The molecule has 2 aromatic carbocycles. The number of aromatic nitrogens is 1. The van der Waals surface area contributed by atoms with E-state index in [2.05, 4.69) is 38.2 Å². The van der Waals surface area contributed by atoms with Gasteiger partial charge in [0.05, 0.1) is 11.3 Å².